The Morgan fingerprint density at radius 1 is 1.53 bits per heavy atom. The molecule has 0 unspecified atom stereocenters. The van der Waals surface area contributed by atoms with E-state index in [1.807, 2.05) is 0 Å². The third-order valence-electron chi connectivity index (χ3n) is 3.40. The number of benzene rings is 1. The maximum absolute atomic E-state index is 13.4. The van der Waals surface area contributed by atoms with Gasteiger partial charge < -0.3 is 4.90 Å². The Morgan fingerprint density at radius 3 is 2.95 bits per heavy atom. The molecule has 1 saturated heterocycles. The van der Waals surface area contributed by atoms with Gasteiger partial charge in [-0.2, -0.15) is 0 Å². The molecule has 2 rings (SSSR count). The van der Waals surface area contributed by atoms with Crippen molar-refractivity contribution in [3.8, 4) is 0 Å². The molecule has 1 aliphatic rings. The quantitative estimate of drug-likeness (QED) is 0.799. The van der Waals surface area contributed by atoms with Crippen molar-refractivity contribution in [3.63, 3.8) is 0 Å². The van der Waals surface area contributed by atoms with Crippen molar-refractivity contribution in [2.45, 2.75) is 26.2 Å². The fraction of sp³-hybridized carbons (Fsp3) is 0.429. The van der Waals surface area contributed by atoms with Gasteiger partial charge in [0.2, 0.25) is 5.91 Å². The predicted octanol–water partition coefficient (Wildman–Crippen LogP) is 3.20. The van der Waals surface area contributed by atoms with Crippen LogP contribution in [0.5, 0.6) is 0 Å². The Morgan fingerprint density at radius 2 is 2.26 bits per heavy atom. The van der Waals surface area contributed by atoms with Gasteiger partial charge in [0.25, 0.3) is 0 Å². The summed E-state index contributed by atoms with van der Waals surface area (Å²) in [6, 6.07) is 4.35. The lowest BCUT2D eigenvalue weighted by molar-refractivity contribution is -0.133. The average molecular weight is 284 g/mol. The molecule has 0 aliphatic carbocycles. The van der Waals surface area contributed by atoms with Gasteiger partial charge in [0.1, 0.15) is 16.6 Å². The summed E-state index contributed by atoms with van der Waals surface area (Å²) in [5.74, 6) is -1.51. The highest BCUT2D eigenvalue weighted by Crippen LogP contribution is 2.32. The zero-order valence-corrected chi connectivity index (χ0v) is 11.4. The van der Waals surface area contributed by atoms with Gasteiger partial charge in [0, 0.05) is 13.0 Å². The first-order valence-electron chi connectivity index (χ1n) is 6.34. The molecule has 3 nitrogen and oxygen atoms in total. The van der Waals surface area contributed by atoms with Crippen molar-refractivity contribution in [1.82, 2.24) is 0 Å². The van der Waals surface area contributed by atoms with Crippen LogP contribution < -0.4 is 4.90 Å². The van der Waals surface area contributed by atoms with E-state index in [4.69, 9.17) is 11.6 Å². The van der Waals surface area contributed by atoms with Crippen molar-refractivity contribution in [1.29, 1.82) is 0 Å². The van der Waals surface area contributed by atoms with Gasteiger partial charge in [0.15, 0.2) is 0 Å². The molecular weight excluding hydrogens is 269 g/mol. The van der Waals surface area contributed by atoms with E-state index in [1.54, 1.807) is 13.0 Å². The summed E-state index contributed by atoms with van der Waals surface area (Å²) in [6.07, 6.45) is 1.62. The minimum absolute atomic E-state index is 0.0674. The largest absolute Gasteiger partial charge is 0.310 e. The normalized spacial score (nSPS) is 19.6. The molecule has 1 aromatic rings. The summed E-state index contributed by atoms with van der Waals surface area (Å²) in [6.45, 7) is 2.21. The van der Waals surface area contributed by atoms with E-state index in [0.29, 0.717) is 25.1 Å². The summed E-state index contributed by atoms with van der Waals surface area (Å²) in [5.41, 5.74) is 0.347. The Hall–Kier alpha value is -1.42. The molecule has 0 bridgehead atoms. The zero-order valence-electron chi connectivity index (χ0n) is 10.7. The van der Waals surface area contributed by atoms with E-state index in [-0.39, 0.29) is 16.7 Å². The van der Waals surface area contributed by atoms with Gasteiger partial charge in [-0.1, -0.05) is 24.6 Å². The van der Waals surface area contributed by atoms with Crippen LogP contribution in [0.25, 0.3) is 0 Å². The number of amides is 1. The SMILES string of the molecule is CCC(=O)[C@@H]1CCCN(c2cccc(F)c2Cl)C1=O. The van der Waals surface area contributed by atoms with Crippen molar-refractivity contribution in [3.05, 3.63) is 29.0 Å². The van der Waals surface area contributed by atoms with Crippen LogP contribution in [0.3, 0.4) is 0 Å². The van der Waals surface area contributed by atoms with Gasteiger partial charge in [-0.25, -0.2) is 4.39 Å². The summed E-state index contributed by atoms with van der Waals surface area (Å²) < 4.78 is 13.4. The van der Waals surface area contributed by atoms with E-state index in [1.165, 1.54) is 17.0 Å². The van der Waals surface area contributed by atoms with E-state index in [2.05, 4.69) is 0 Å². The second-order valence-electron chi connectivity index (χ2n) is 4.58. The Bertz CT molecular complexity index is 518. The number of carbonyl (C=O) groups is 2. The van der Waals surface area contributed by atoms with E-state index in [9.17, 15) is 14.0 Å². The van der Waals surface area contributed by atoms with E-state index in [0.717, 1.165) is 6.42 Å². The lowest BCUT2D eigenvalue weighted by Gasteiger charge is -2.32. The fourth-order valence-electron chi connectivity index (χ4n) is 2.36. The highest BCUT2D eigenvalue weighted by Gasteiger charge is 2.34. The average Bonchev–Trinajstić information content (AvgIpc) is 2.42. The van der Waals surface area contributed by atoms with Crippen LogP contribution in [-0.4, -0.2) is 18.2 Å². The van der Waals surface area contributed by atoms with Crippen molar-refractivity contribution < 1.29 is 14.0 Å². The topological polar surface area (TPSA) is 37.4 Å². The smallest absolute Gasteiger partial charge is 0.237 e. The Kier molecular flexibility index (Phi) is 4.20. The number of halogens is 2. The molecule has 0 radical (unpaired) electrons. The number of rotatable bonds is 3. The molecule has 0 spiro atoms. The minimum atomic E-state index is -0.613. The zero-order chi connectivity index (χ0) is 14.0. The second kappa shape index (κ2) is 5.70. The van der Waals surface area contributed by atoms with Crippen LogP contribution in [0, 0.1) is 11.7 Å². The van der Waals surface area contributed by atoms with Crippen LogP contribution in [0.15, 0.2) is 18.2 Å². The molecular formula is C14H15ClFNO2. The lowest BCUT2D eigenvalue weighted by Crippen LogP contribution is -2.44. The molecule has 19 heavy (non-hydrogen) atoms. The predicted molar refractivity (Wildman–Crippen MR) is 71.8 cm³/mol. The van der Waals surface area contributed by atoms with Crippen molar-refractivity contribution in [2.24, 2.45) is 5.92 Å². The first-order chi connectivity index (χ1) is 9.06. The van der Waals surface area contributed by atoms with Crippen LogP contribution in [0.1, 0.15) is 26.2 Å². The Labute approximate surface area is 116 Å². The molecule has 1 fully saturated rings. The number of anilines is 1. The molecule has 1 aromatic carbocycles. The van der Waals surface area contributed by atoms with E-state index < -0.39 is 11.7 Å². The summed E-state index contributed by atoms with van der Waals surface area (Å²) in [4.78, 5) is 25.5. The van der Waals surface area contributed by atoms with Crippen LogP contribution >= 0.6 is 11.6 Å². The van der Waals surface area contributed by atoms with Crippen LogP contribution in [0.4, 0.5) is 10.1 Å². The Balaban J connectivity index is 2.32. The number of nitrogens with zero attached hydrogens (tertiary/aromatic N) is 1. The van der Waals surface area contributed by atoms with Gasteiger partial charge >= 0.3 is 0 Å². The standard InChI is InChI=1S/C14H15ClFNO2/c1-2-12(18)9-5-4-8-17(14(9)19)11-7-3-6-10(16)13(11)15/h3,6-7,9H,2,4-5,8H2,1H3/t9-/m0/s1. The third kappa shape index (κ3) is 2.63. The van der Waals surface area contributed by atoms with Crippen LogP contribution in [-0.2, 0) is 9.59 Å². The van der Waals surface area contributed by atoms with Gasteiger partial charge in [0.05, 0.1) is 11.6 Å². The number of carbonyl (C=O) groups excluding carboxylic acids is 2. The van der Waals surface area contributed by atoms with Crippen molar-refractivity contribution >= 4 is 29.0 Å². The molecule has 102 valence electrons. The monoisotopic (exact) mass is 283 g/mol. The number of hydrogen-bond donors (Lipinski definition) is 0. The molecule has 1 amide bonds. The first-order valence-corrected chi connectivity index (χ1v) is 6.72. The third-order valence-corrected chi connectivity index (χ3v) is 3.77. The second-order valence-corrected chi connectivity index (χ2v) is 4.96. The minimum Gasteiger partial charge on any atom is -0.310 e. The molecule has 0 saturated carbocycles. The molecule has 5 heteroatoms. The van der Waals surface area contributed by atoms with Gasteiger partial charge in [-0.05, 0) is 25.0 Å². The highest BCUT2D eigenvalue weighted by atomic mass is 35.5. The summed E-state index contributed by atoms with van der Waals surface area (Å²) >= 11 is 5.90. The first kappa shape index (κ1) is 14.0. The lowest BCUT2D eigenvalue weighted by atomic mass is 9.91. The van der Waals surface area contributed by atoms with Crippen molar-refractivity contribution in [2.75, 3.05) is 11.4 Å². The van der Waals surface area contributed by atoms with Crippen LogP contribution in [0.2, 0.25) is 5.02 Å². The number of hydrogen-bond acceptors (Lipinski definition) is 2. The number of piperidine rings is 1. The summed E-state index contributed by atoms with van der Waals surface area (Å²) in [5, 5.41) is -0.0690. The highest BCUT2D eigenvalue weighted by molar-refractivity contribution is 6.34. The number of ketones is 1. The summed E-state index contributed by atoms with van der Waals surface area (Å²) in [7, 11) is 0. The van der Waals surface area contributed by atoms with Gasteiger partial charge in [-0.15, -0.1) is 0 Å². The molecule has 0 aromatic heterocycles. The maximum atomic E-state index is 13.4. The fourth-order valence-corrected chi connectivity index (χ4v) is 2.59. The molecule has 0 N–H and O–H groups in total. The van der Waals surface area contributed by atoms with Gasteiger partial charge in [-0.3, -0.25) is 9.59 Å². The maximum Gasteiger partial charge on any atom is 0.237 e. The molecule has 1 heterocycles. The number of Topliss-reactive ketones (excluding diaryl/α,β-unsaturated/α-hetero) is 1. The molecule has 1 atom stereocenters. The van der Waals surface area contributed by atoms with E-state index >= 15 is 0 Å². The molecule has 1 aliphatic heterocycles.